The number of benzene rings is 1. The van der Waals surface area contributed by atoms with Crippen molar-refractivity contribution in [2.45, 2.75) is 92.5 Å². The molecule has 39 heavy (non-hydrogen) atoms. The first-order valence-electron chi connectivity index (χ1n) is 13.7. The third-order valence-corrected chi connectivity index (χ3v) is 5.77. The van der Waals surface area contributed by atoms with Crippen LogP contribution in [0.5, 0.6) is 0 Å². The summed E-state index contributed by atoms with van der Waals surface area (Å²) in [5.74, 6) is -0.573. The Kier molecular flexibility index (Phi) is 14.6. The quantitative estimate of drug-likeness (QED) is 0.409. The number of esters is 1. The molecule has 1 aliphatic rings. The van der Waals surface area contributed by atoms with Gasteiger partial charge in [0.2, 0.25) is 5.91 Å². The number of nitrogens with zero attached hydrogens (tertiary/aromatic N) is 3. The topological polar surface area (TPSA) is 91.8 Å². The molecule has 1 aliphatic heterocycles. The average molecular weight is 561 g/mol. The van der Waals surface area contributed by atoms with Gasteiger partial charge in [0.05, 0.1) is 17.8 Å². The Hall–Kier alpha value is -3.13. The summed E-state index contributed by atoms with van der Waals surface area (Å²) in [5, 5.41) is 3.20. The first-order valence-corrected chi connectivity index (χ1v) is 14.1. The molecule has 1 atom stereocenters. The van der Waals surface area contributed by atoms with Gasteiger partial charge < -0.3 is 19.9 Å². The normalized spacial score (nSPS) is 14.3. The zero-order valence-corrected chi connectivity index (χ0v) is 25.5. The lowest BCUT2D eigenvalue weighted by molar-refractivity contribution is -0.134. The van der Waals surface area contributed by atoms with Crippen LogP contribution >= 0.6 is 11.6 Å². The van der Waals surface area contributed by atoms with Gasteiger partial charge in [0.15, 0.2) is 0 Å². The van der Waals surface area contributed by atoms with E-state index in [2.05, 4.69) is 24.1 Å². The van der Waals surface area contributed by atoms with Gasteiger partial charge in [-0.1, -0.05) is 57.8 Å². The predicted molar refractivity (Wildman–Crippen MR) is 157 cm³/mol. The fourth-order valence-corrected chi connectivity index (χ4v) is 4.01. The Bertz CT molecular complexity index is 1060. The van der Waals surface area contributed by atoms with E-state index in [1.807, 2.05) is 32.0 Å². The largest absolute Gasteiger partial charge is 0.456 e. The van der Waals surface area contributed by atoms with E-state index in [0.717, 1.165) is 12.1 Å². The first-order chi connectivity index (χ1) is 18.5. The van der Waals surface area contributed by atoms with E-state index < -0.39 is 17.6 Å². The molecule has 0 spiro atoms. The van der Waals surface area contributed by atoms with E-state index in [4.69, 9.17) is 16.3 Å². The number of nitrogens with one attached hydrogen (secondary N) is 1. The highest BCUT2D eigenvalue weighted by atomic mass is 35.5. The van der Waals surface area contributed by atoms with Crippen LogP contribution in [0.15, 0.2) is 42.6 Å². The standard InChI is InChI=1S/C25H31ClN4O4.C3H8.C2H6/c1-25(2,3)34-23(32)17-10-11-18(20(26)14-17)15-28-24(33)30-13-7-9-21(30)22(31)29(4)16-19-8-5-6-12-27-19;1-3-2;1-2/h5-6,8,10-12,14,21H,7,9,13,15-16H2,1-4H3,(H,28,33);3H2,1-2H3;1-2H3. The Morgan fingerprint density at radius 3 is 2.38 bits per heavy atom. The molecule has 1 saturated heterocycles. The summed E-state index contributed by atoms with van der Waals surface area (Å²) in [6.45, 7) is 14.7. The van der Waals surface area contributed by atoms with Crippen LogP contribution in [0.4, 0.5) is 4.79 Å². The number of aromatic nitrogens is 1. The highest BCUT2D eigenvalue weighted by Gasteiger charge is 2.35. The van der Waals surface area contributed by atoms with Gasteiger partial charge in [0.1, 0.15) is 11.6 Å². The number of hydrogen-bond acceptors (Lipinski definition) is 5. The lowest BCUT2D eigenvalue weighted by Gasteiger charge is -2.28. The number of carbonyl (C=O) groups is 3. The van der Waals surface area contributed by atoms with Crippen molar-refractivity contribution in [3.05, 3.63) is 64.4 Å². The summed E-state index contributed by atoms with van der Waals surface area (Å²) in [6.07, 6.45) is 4.31. The molecule has 1 N–H and O–H groups in total. The van der Waals surface area contributed by atoms with Crippen molar-refractivity contribution in [3.8, 4) is 0 Å². The van der Waals surface area contributed by atoms with Crippen molar-refractivity contribution in [1.82, 2.24) is 20.1 Å². The molecule has 9 heteroatoms. The van der Waals surface area contributed by atoms with Gasteiger partial charge in [0.25, 0.3) is 0 Å². The van der Waals surface area contributed by atoms with E-state index >= 15 is 0 Å². The number of likely N-dealkylation sites (tertiary alicyclic amines) is 1. The molecule has 2 heterocycles. The molecule has 0 bridgehead atoms. The summed E-state index contributed by atoms with van der Waals surface area (Å²) in [4.78, 5) is 45.5. The molecule has 3 rings (SSSR count). The van der Waals surface area contributed by atoms with Crippen molar-refractivity contribution >= 4 is 29.5 Å². The van der Waals surface area contributed by atoms with Crippen LogP contribution in [0.2, 0.25) is 5.02 Å². The number of carbonyl (C=O) groups excluding carboxylic acids is 3. The molecule has 1 unspecified atom stereocenters. The number of hydrogen-bond donors (Lipinski definition) is 1. The molecule has 0 saturated carbocycles. The van der Waals surface area contributed by atoms with Crippen LogP contribution in [0, 0.1) is 0 Å². The van der Waals surface area contributed by atoms with Crippen molar-refractivity contribution in [2.75, 3.05) is 13.6 Å². The lowest BCUT2D eigenvalue weighted by atomic mass is 10.1. The predicted octanol–water partition coefficient (Wildman–Crippen LogP) is 6.47. The molecule has 8 nitrogen and oxygen atoms in total. The summed E-state index contributed by atoms with van der Waals surface area (Å²) >= 11 is 6.35. The van der Waals surface area contributed by atoms with Crippen molar-refractivity contribution in [1.29, 1.82) is 0 Å². The summed E-state index contributed by atoms with van der Waals surface area (Å²) in [5.41, 5.74) is 1.19. The van der Waals surface area contributed by atoms with Crippen molar-refractivity contribution < 1.29 is 19.1 Å². The highest BCUT2D eigenvalue weighted by Crippen LogP contribution is 2.22. The van der Waals surface area contributed by atoms with E-state index in [0.29, 0.717) is 35.7 Å². The fraction of sp³-hybridized carbons (Fsp3) is 0.533. The van der Waals surface area contributed by atoms with Crippen molar-refractivity contribution in [3.63, 3.8) is 0 Å². The van der Waals surface area contributed by atoms with Crippen LogP contribution in [-0.2, 0) is 22.6 Å². The molecule has 0 radical (unpaired) electrons. The maximum Gasteiger partial charge on any atom is 0.338 e. The number of urea groups is 1. The first kappa shape index (κ1) is 33.9. The van der Waals surface area contributed by atoms with Gasteiger partial charge in [-0.05, 0) is 63.4 Å². The van der Waals surface area contributed by atoms with Crippen LogP contribution < -0.4 is 5.32 Å². The maximum atomic E-state index is 13.0. The average Bonchev–Trinajstić information content (AvgIpc) is 3.38. The Balaban J connectivity index is 0.00000142. The third-order valence-electron chi connectivity index (χ3n) is 5.42. The van der Waals surface area contributed by atoms with Gasteiger partial charge in [-0.3, -0.25) is 9.78 Å². The zero-order valence-electron chi connectivity index (χ0n) is 24.7. The molecule has 0 aliphatic carbocycles. The van der Waals surface area contributed by atoms with Crippen molar-refractivity contribution in [2.24, 2.45) is 0 Å². The molecular weight excluding hydrogens is 516 g/mol. The second kappa shape index (κ2) is 16.7. The van der Waals surface area contributed by atoms with Gasteiger partial charge in [0, 0.05) is 31.4 Å². The van der Waals surface area contributed by atoms with E-state index in [-0.39, 0.29) is 18.5 Å². The second-order valence-corrected chi connectivity index (χ2v) is 10.4. The highest BCUT2D eigenvalue weighted by molar-refractivity contribution is 6.31. The summed E-state index contributed by atoms with van der Waals surface area (Å²) < 4.78 is 5.36. The molecular formula is C30H45ClN4O4. The van der Waals surface area contributed by atoms with Crippen LogP contribution in [-0.4, -0.2) is 57.9 Å². The monoisotopic (exact) mass is 560 g/mol. The second-order valence-electron chi connectivity index (χ2n) is 10.0. The van der Waals surface area contributed by atoms with Gasteiger partial charge >= 0.3 is 12.0 Å². The molecule has 216 valence electrons. The molecule has 1 fully saturated rings. The Morgan fingerprint density at radius 2 is 1.82 bits per heavy atom. The number of rotatable bonds is 6. The number of likely N-dealkylation sites (N-methyl/N-ethyl adjacent to an activating group) is 1. The third kappa shape index (κ3) is 11.2. The van der Waals surface area contributed by atoms with Gasteiger partial charge in [-0.2, -0.15) is 0 Å². The SMILES string of the molecule is CC.CCC.CN(Cc1ccccn1)C(=O)C1CCCN1C(=O)NCc1ccc(C(=O)OC(C)(C)C)cc1Cl. The van der Waals surface area contributed by atoms with Gasteiger partial charge in [-0.25, -0.2) is 9.59 Å². The molecule has 2 aromatic rings. The minimum absolute atomic E-state index is 0.113. The minimum Gasteiger partial charge on any atom is -0.456 e. The van der Waals surface area contributed by atoms with E-state index in [1.54, 1.807) is 55.9 Å². The summed E-state index contributed by atoms with van der Waals surface area (Å²) in [6, 6.07) is 9.57. The van der Waals surface area contributed by atoms with Crippen LogP contribution in [0.25, 0.3) is 0 Å². The Morgan fingerprint density at radius 1 is 1.15 bits per heavy atom. The number of pyridine rings is 1. The lowest BCUT2D eigenvalue weighted by Crippen LogP contribution is -2.49. The van der Waals surface area contributed by atoms with Gasteiger partial charge in [-0.15, -0.1) is 0 Å². The zero-order chi connectivity index (χ0) is 29.6. The fourth-order valence-electron chi connectivity index (χ4n) is 3.76. The molecule has 1 aromatic heterocycles. The summed E-state index contributed by atoms with van der Waals surface area (Å²) in [7, 11) is 1.72. The smallest absolute Gasteiger partial charge is 0.338 e. The number of ether oxygens (including phenoxy) is 1. The van der Waals surface area contributed by atoms with Crippen LogP contribution in [0.1, 0.15) is 89.3 Å². The number of amides is 3. The minimum atomic E-state index is -0.606. The molecule has 3 amide bonds. The number of halogens is 1. The Labute approximate surface area is 239 Å². The molecule has 1 aromatic carbocycles. The van der Waals surface area contributed by atoms with E-state index in [9.17, 15) is 14.4 Å². The maximum absolute atomic E-state index is 13.0. The van der Waals surface area contributed by atoms with E-state index in [1.165, 1.54) is 12.5 Å². The van der Waals surface area contributed by atoms with Crippen LogP contribution in [0.3, 0.4) is 0 Å².